The van der Waals surface area contributed by atoms with Gasteiger partial charge in [0.25, 0.3) is 5.91 Å². The number of hydrogen-bond donors (Lipinski definition) is 2. The second-order valence-corrected chi connectivity index (χ2v) is 8.00. The highest BCUT2D eigenvalue weighted by atomic mass is 32.1. The molecule has 1 saturated carbocycles. The summed E-state index contributed by atoms with van der Waals surface area (Å²) in [6, 6.07) is 2.15. The van der Waals surface area contributed by atoms with Gasteiger partial charge >= 0.3 is 0 Å². The Morgan fingerprint density at radius 3 is 2.78 bits per heavy atom. The van der Waals surface area contributed by atoms with Crippen LogP contribution in [0.5, 0.6) is 0 Å². The molecule has 1 amide bonds. The molecule has 23 heavy (non-hydrogen) atoms. The molecule has 5 nitrogen and oxygen atoms in total. The molecule has 0 spiro atoms. The zero-order chi connectivity index (χ0) is 16.6. The van der Waals surface area contributed by atoms with Gasteiger partial charge in [0.05, 0.1) is 16.7 Å². The molecular formula is C17H25N3O2S. The third-order valence-corrected chi connectivity index (χ3v) is 5.55. The van der Waals surface area contributed by atoms with E-state index in [9.17, 15) is 9.90 Å². The van der Waals surface area contributed by atoms with Crippen LogP contribution in [-0.2, 0) is 6.54 Å². The zero-order valence-electron chi connectivity index (χ0n) is 14.0. The minimum Gasteiger partial charge on any atom is -0.393 e. The maximum Gasteiger partial charge on any atom is 0.261 e. The van der Waals surface area contributed by atoms with Gasteiger partial charge in [0.15, 0.2) is 0 Å². The lowest BCUT2D eigenvalue weighted by atomic mass is 9.93. The second-order valence-electron chi connectivity index (χ2n) is 6.97. The van der Waals surface area contributed by atoms with E-state index in [1.54, 1.807) is 0 Å². The Hall–Kier alpha value is -1.40. The molecule has 0 bridgehead atoms. The number of carbonyl (C=O) groups is 1. The molecule has 1 fully saturated rings. The summed E-state index contributed by atoms with van der Waals surface area (Å²) in [7, 11) is 0. The summed E-state index contributed by atoms with van der Waals surface area (Å²) in [5.41, 5.74) is 0.983. The van der Waals surface area contributed by atoms with Crippen LogP contribution in [0.4, 0.5) is 0 Å². The lowest BCUT2D eigenvalue weighted by molar-refractivity contribution is 0.0871. The third kappa shape index (κ3) is 3.58. The minimum atomic E-state index is -0.197. The number of nitrogens with zero attached hydrogens (tertiary/aromatic N) is 2. The fourth-order valence-electron chi connectivity index (χ4n) is 3.17. The van der Waals surface area contributed by atoms with E-state index in [2.05, 4.69) is 24.3 Å². The SMILES string of the molecule is Cc1nn(CC(C)C)c2sc(C(=O)NC3CCC(O)CC3)cc12. The molecule has 0 aromatic carbocycles. The van der Waals surface area contributed by atoms with Gasteiger partial charge in [-0.25, -0.2) is 0 Å². The van der Waals surface area contributed by atoms with Crippen molar-refractivity contribution < 1.29 is 9.90 Å². The van der Waals surface area contributed by atoms with Gasteiger partial charge < -0.3 is 10.4 Å². The highest BCUT2D eigenvalue weighted by Crippen LogP contribution is 2.29. The first-order valence-corrected chi connectivity index (χ1v) is 9.21. The molecule has 2 heterocycles. The van der Waals surface area contributed by atoms with Crippen molar-refractivity contribution in [3.63, 3.8) is 0 Å². The van der Waals surface area contributed by atoms with Gasteiger partial charge in [0.1, 0.15) is 4.83 Å². The Labute approximate surface area is 140 Å². The Morgan fingerprint density at radius 1 is 1.43 bits per heavy atom. The number of nitrogens with one attached hydrogen (secondary N) is 1. The van der Waals surface area contributed by atoms with Crippen LogP contribution in [0, 0.1) is 12.8 Å². The van der Waals surface area contributed by atoms with Crippen molar-refractivity contribution in [1.82, 2.24) is 15.1 Å². The predicted octanol–water partition coefficient (Wildman–Crippen LogP) is 3.10. The van der Waals surface area contributed by atoms with Gasteiger partial charge in [0.2, 0.25) is 0 Å². The molecule has 3 rings (SSSR count). The van der Waals surface area contributed by atoms with E-state index >= 15 is 0 Å². The van der Waals surface area contributed by atoms with Crippen LogP contribution in [0.25, 0.3) is 10.2 Å². The van der Waals surface area contributed by atoms with Crippen LogP contribution in [0.1, 0.15) is 54.9 Å². The highest BCUT2D eigenvalue weighted by Gasteiger charge is 2.23. The summed E-state index contributed by atoms with van der Waals surface area (Å²) >= 11 is 1.52. The number of aryl methyl sites for hydroxylation is 1. The summed E-state index contributed by atoms with van der Waals surface area (Å²) in [6.45, 7) is 7.20. The quantitative estimate of drug-likeness (QED) is 0.902. The van der Waals surface area contributed by atoms with E-state index in [4.69, 9.17) is 0 Å². The molecule has 2 N–H and O–H groups in total. The largest absolute Gasteiger partial charge is 0.393 e. The number of carbonyl (C=O) groups excluding carboxylic acids is 1. The molecule has 1 aliphatic rings. The number of thiophene rings is 1. The lowest BCUT2D eigenvalue weighted by Gasteiger charge is -2.25. The molecule has 126 valence electrons. The molecule has 6 heteroatoms. The van der Waals surface area contributed by atoms with E-state index in [-0.39, 0.29) is 18.1 Å². The van der Waals surface area contributed by atoms with Gasteiger partial charge in [-0.3, -0.25) is 9.48 Å². The molecule has 0 atom stereocenters. The van der Waals surface area contributed by atoms with Gasteiger partial charge in [-0.05, 0) is 44.6 Å². The summed E-state index contributed by atoms with van der Waals surface area (Å²) in [5, 5.41) is 18.3. The number of aliphatic hydroxyl groups excluding tert-OH is 1. The van der Waals surface area contributed by atoms with Gasteiger partial charge in [-0.2, -0.15) is 5.10 Å². The van der Waals surface area contributed by atoms with Crippen LogP contribution >= 0.6 is 11.3 Å². The van der Waals surface area contributed by atoms with Crippen molar-refractivity contribution in [2.24, 2.45) is 5.92 Å². The van der Waals surface area contributed by atoms with Crippen LogP contribution < -0.4 is 5.32 Å². The number of rotatable bonds is 4. The van der Waals surface area contributed by atoms with Gasteiger partial charge in [-0.15, -0.1) is 11.3 Å². The number of aliphatic hydroxyl groups is 1. The number of hydrogen-bond acceptors (Lipinski definition) is 4. The van der Waals surface area contributed by atoms with Gasteiger partial charge in [-0.1, -0.05) is 13.8 Å². The Balaban J connectivity index is 1.76. The number of amides is 1. The third-order valence-electron chi connectivity index (χ3n) is 4.40. The first-order valence-electron chi connectivity index (χ1n) is 8.40. The summed E-state index contributed by atoms with van der Waals surface area (Å²) < 4.78 is 2.02. The topological polar surface area (TPSA) is 67.2 Å². The normalized spacial score (nSPS) is 22.0. The molecule has 1 aliphatic carbocycles. The van der Waals surface area contributed by atoms with Crippen molar-refractivity contribution in [2.75, 3.05) is 0 Å². The smallest absolute Gasteiger partial charge is 0.261 e. The minimum absolute atomic E-state index is 0.00286. The molecule has 0 unspecified atom stereocenters. The maximum atomic E-state index is 12.5. The van der Waals surface area contributed by atoms with E-state index in [0.29, 0.717) is 5.92 Å². The van der Waals surface area contributed by atoms with Crippen molar-refractivity contribution in [3.8, 4) is 0 Å². The van der Waals surface area contributed by atoms with Gasteiger partial charge in [0, 0.05) is 18.0 Å². The molecule has 0 aliphatic heterocycles. The lowest BCUT2D eigenvalue weighted by Crippen LogP contribution is -2.38. The summed E-state index contributed by atoms with van der Waals surface area (Å²) in [5.74, 6) is 0.522. The van der Waals surface area contributed by atoms with Crippen molar-refractivity contribution in [3.05, 3.63) is 16.6 Å². The zero-order valence-corrected chi connectivity index (χ0v) is 14.8. The van der Waals surface area contributed by atoms with E-state index in [0.717, 1.165) is 53.0 Å². The Kier molecular flexibility index (Phi) is 4.73. The predicted molar refractivity (Wildman–Crippen MR) is 92.9 cm³/mol. The maximum absolute atomic E-state index is 12.5. The van der Waals surface area contributed by atoms with Crippen molar-refractivity contribution in [1.29, 1.82) is 0 Å². The first-order chi connectivity index (χ1) is 10.9. The monoisotopic (exact) mass is 335 g/mol. The van der Waals surface area contributed by atoms with Crippen LogP contribution in [-0.4, -0.2) is 32.9 Å². The molecule has 2 aromatic rings. The van der Waals surface area contributed by atoms with E-state index < -0.39 is 0 Å². The van der Waals surface area contributed by atoms with Crippen LogP contribution in [0.15, 0.2) is 6.07 Å². The van der Waals surface area contributed by atoms with Crippen molar-refractivity contribution >= 4 is 27.5 Å². The average molecular weight is 335 g/mol. The van der Waals surface area contributed by atoms with E-state index in [1.165, 1.54) is 11.3 Å². The highest BCUT2D eigenvalue weighted by molar-refractivity contribution is 7.20. The second kappa shape index (κ2) is 6.61. The van der Waals surface area contributed by atoms with Crippen LogP contribution in [0.2, 0.25) is 0 Å². The molecule has 2 aromatic heterocycles. The fourth-order valence-corrected chi connectivity index (χ4v) is 4.24. The molecular weight excluding hydrogens is 310 g/mol. The van der Waals surface area contributed by atoms with Crippen LogP contribution in [0.3, 0.4) is 0 Å². The number of fused-ring (bicyclic) bond motifs is 1. The average Bonchev–Trinajstić information content (AvgIpc) is 3.03. The Morgan fingerprint density at radius 2 is 2.13 bits per heavy atom. The van der Waals surface area contributed by atoms with Crippen molar-refractivity contribution in [2.45, 2.75) is 65.1 Å². The summed E-state index contributed by atoms with van der Waals surface area (Å²) in [4.78, 5) is 14.4. The Bertz CT molecular complexity index is 696. The summed E-state index contributed by atoms with van der Waals surface area (Å²) in [6.07, 6.45) is 3.08. The molecule has 0 radical (unpaired) electrons. The molecule has 0 saturated heterocycles. The standard InChI is InChI=1S/C17H25N3O2S/c1-10(2)9-20-17-14(11(3)19-20)8-15(23-17)16(22)18-12-4-6-13(21)7-5-12/h8,10,12-13,21H,4-7,9H2,1-3H3,(H,18,22). The fraction of sp³-hybridized carbons (Fsp3) is 0.647. The van der Waals surface area contributed by atoms with E-state index in [1.807, 2.05) is 17.7 Å². The number of aromatic nitrogens is 2. The first kappa shape index (κ1) is 16.5.